The van der Waals surface area contributed by atoms with Gasteiger partial charge in [-0.25, -0.2) is 14.8 Å². The van der Waals surface area contributed by atoms with Crippen LogP contribution in [0.15, 0.2) is 24.3 Å². The first-order valence-electron chi connectivity index (χ1n) is 15.6. The minimum absolute atomic E-state index is 0.0877. The third-order valence-electron chi connectivity index (χ3n) is 9.17. The Morgan fingerprint density at radius 2 is 1.83 bits per heavy atom. The Hall–Kier alpha value is -3.24. The Morgan fingerprint density at radius 1 is 1.07 bits per heavy atom. The summed E-state index contributed by atoms with van der Waals surface area (Å²) in [5, 5.41) is 5.98. The zero-order valence-corrected chi connectivity index (χ0v) is 25.9. The molecule has 1 saturated heterocycles. The van der Waals surface area contributed by atoms with Gasteiger partial charge < -0.3 is 25.2 Å². The van der Waals surface area contributed by atoms with Crippen LogP contribution in [0.3, 0.4) is 0 Å². The minimum Gasteiger partial charge on any atom is -0.377 e. The molecule has 2 fully saturated rings. The van der Waals surface area contributed by atoms with Crippen molar-refractivity contribution >= 4 is 23.4 Å². The summed E-state index contributed by atoms with van der Waals surface area (Å²) in [7, 11) is 3.58. The summed E-state index contributed by atoms with van der Waals surface area (Å²) in [5.41, 5.74) is 3.75. The van der Waals surface area contributed by atoms with Crippen molar-refractivity contribution in [3.8, 4) is 11.4 Å². The van der Waals surface area contributed by atoms with Crippen molar-refractivity contribution < 1.29 is 14.3 Å². The van der Waals surface area contributed by atoms with Gasteiger partial charge in [0.15, 0.2) is 5.82 Å². The molecule has 10 nitrogen and oxygen atoms in total. The molecule has 10 heteroatoms. The molecular weight excluding hydrogens is 530 g/mol. The fourth-order valence-corrected chi connectivity index (χ4v) is 6.50. The van der Waals surface area contributed by atoms with Crippen LogP contribution in [0.4, 0.5) is 16.3 Å². The van der Waals surface area contributed by atoms with E-state index in [0.29, 0.717) is 38.7 Å². The molecule has 1 saturated carbocycles. The highest BCUT2D eigenvalue weighted by Gasteiger charge is 2.44. The number of benzene rings is 1. The predicted octanol–water partition coefficient (Wildman–Crippen LogP) is 4.01. The maximum Gasteiger partial charge on any atom is 0.319 e. The van der Waals surface area contributed by atoms with Crippen LogP contribution in [0.5, 0.6) is 0 Å². The molecule has 0 spiro atoms. The third-order valence-corrected chi connectivity index (χ3v) is 9.17. The standard InChI is InChI=1S/C32H47N7O3/c1-6-7-25-22(3)26(25)12-14-33-32(41)34-24-10-8-23(9-11-24)30-35-28-18-38(19-29(40)37(4)5)15-13-27(28)31(36-30)39-16-17-42-20-21(39)2/h8-11,21-22,25-26H,6-7,12-20H2,1-5H3,(H2,33,34,41). The number of carbonyl (C=O) groups is 2. The normalized spacial score (nSPS) is 23.7. The summed E-state index contributed by atoms with van der Waals surface area (Å²) in [6, 6.07) is 7.75. The molecule has 4 atom stereocenters. The topological polar surface area (TPSA) is 103 Å². The second kappa shape index (κ2) is 13.4. The molecule has 42 heavy (non-hydrogen) atoms. The first-order valence-corrected chi connectivity index (χ1v) is 15.6. The molecule has 0 bridgehead atoms. The van der Waals surface area contributed by atoms with Crippen LogP contribution < -0.4 is 15.5 Å². The average molecular weight is 578 g/mol. The Labute approximate surface area is 250 Å². The molecule has 4 unspecified atom stereocenters. The maximum atomic E-state index is 12.5. The number of anilines is 2. The van der Waals surface area contributed by atoms with E-state index in [0.717, 1.165) is 72.0 Å². The second-order valence-electron chi connectivity index (χ2n) is 12.4. The number of amides is 3. The van der Waals surface area contributed by atoms with E-state index in [9.17, 15) is 9.59 Å². The molecule has 2 aromatic rings. The molecule has 1 aromatic heterocycles. The van der Waals surface area contributed by atoms with Gasteiger partial charge in [0, 0.05) is 57.1 Å². The maximum absolute atomic E-state index is 12.5. The Kier molecular flexibility index (Phi) is 9.63. The van der Waals surface area contributed by atoms with Crippen LogP contribution in [0, 0.1) is 17.8 Å². The van der Waals surface area contributed by atoms with Gasteiger partial charge >= 0.3 is 6.03 Å². The van der Waals surface area contributed by atoms with E-state index in [-0.39, 0.29) is 18.0 Å². The number of morpholine rings is 1. The van der Waals surface area contributed by atoms with E-state index in [1.165, 1.54) is 12.8 Å². The van der Waals surface area contributed by atoms with Crippen LogP contribution >= 0.6 is 0 Å². The quantitative estimate of drug-likeness (QED) is 0.440. The fraction of sp³-hybridized carbons (Fsp3) is 0.625. The number of hydrogen-bond acceptors (Lipinski definition) is 7. The van der Waals surface area contributed by atoms with E-state index in [4.69, 9.17) is 14.7 Å². The van der Waals surface area contributed by atoms with E-state index < -0.39 is 0 Å². The molecule has 228 valence electrons. The van der Waals surface area contributed by atoms with Crippen LogP contribution in [-0.4, -0.2) is 91.2 Å². The number of rotatable bonds is 10. The van der Waals surface area contributed by atoms with Gasteiger partial charge in [0.1, 0.15) is 5.82 Å². The van der Waals surface area contributed by atoms with Gasteiger partial charge in [-0.15, -0.1) is 0 Å². The summed E-state index contributed by atoms with van der Waals surface area (Å²) < 4.78 is 5.70. The lowest BCUT2D eigenvalue weighted by Crippen LogP contribution is -2.46. The Morgan fingerprint density at radius 3 is 2.55 bits per heavy atom. The first kappa shape index (κ1) is 30.2. The molecule has 3 aliphatic rings. The average Bonchev–Trinajstić information content (AvgIpc) is 3.59. The summed E-state index contributed by atoms with van der Waals surface area (Å²) >= 11 is 0. The van der Waals surface area contributed by atoms with Gasteiger partial charge in [-0.2, -0.15) is 0 Å². The van der Waals surface area contributed by atoms with Crippen LogP contribution in [0.2, 0.25) is 0 Å². The van der Waals surface area contributed by atoms with E-state index >= 15 is 0 Å². The largest absolute Gasteiger partial charge is 0.377 e. The van der Waals surface area contributed by atoms with Gasteiger partial charge in [-0.1, -0.05) is 26.7 Å². The van der Waals surface area contributed by atoms with Crippen molar-refractivity contribution in [2.45, 2.75) is 59.0 Å². The minimum atomic E-state index is -0.177. The van der Waals surface area contributed by atoms with Crippen molar-refractivity contribution in [1.82, 2.24) is 25.1 Å². The van der Waals surface area contributed by atoms with Gasteiger partial charge in [0.2, 0.25) is 5.91 Å². The van der Waals surface area contributed by atoms with Crippen LogP contribution in [-0.2, 0) is 22.5 Å². The Balaban J connectivity index is 1.28. The molecule has 5 rings (SSSR count). The number of nitrogens with one attached hydrogen (secondary N) is 2. The number of urea groups is 1. The smallest absolute Gasteiger partial charge is 0.319 e. The third kappa shape index (κ3) is 7.03. The molecule has 2 aliphatic heterocycles. The summed E-state index contributed by atoms with van der Waals surface area (Å²) in [6.07, 6.45) is 4.36. The lowest BCUT2D eigenvalue weighted by Gasteiger charge is -2.37. The Bertz CT molecular complexity index is 1250. The highest BCUT2D eigenvalue weighted by Crippen LogP contribution is 2.50. The zero-order chi connectivity index (χ0) is 29.8. The number of likely N-dealkylation sites (N-methyl/N-ethyl adjacent to an activating group) is 1. The summed E-state index contributed by atoms with van der Waals surface area (Å²) in [5.74, 6) is 4.06. The summed E-state index contributed by atoms with van der Waals surface area (Å²) in [4.78, 5) is 41.2. The lowest BCUT2D eigenvalue weighted by atomic mass is 10.0. The van der Waals surface area contributed by atoms with Crippen molar-refractivity contribution in [2.75, 3.05) is 63.7 Å². The number of ether oxygens (including phenoxy) is 1. The fourth-order valence-electron chi connectivity index (χ4n) is 6.50. The van der Waals surface area contributed by atoms with Crippen molar-refractivity contribution in [2.24, 2.45) is 17.8 Å². The molecule has 1 aromatic carbocycles. The number of carbonyl (C=O) groups excluding carboxylic acids is 2. The molecule has 2 N–H and O–H groups in total. The van der Waals surface area contributed by atoms with Gasteiger partial charge in [0.05, 0.1) is 31.5 Å². The monoisotopic (exact) mass is 577 g/mol. The molecule has 0 radical (unpaired) electrons. The second-order valence-corrected chi connectivity index (χ2v) is 12.4. The van der Waals surface area contributed by atoms with Crippen molar-refractivity contribution in [1.29, 1.82) is 0 Å². The molecular formula is C32H47N7O3. The molecule has 1 aliphatic carbocycles. The summed E-state index contributed by atoms with van der Waals surface area (Å²) in [6.45, 7) is 11.3. The first-order chi connectivity index (χ1) is 20.2. The van der Waals surface area contributed by atoms with Crippen LogP contribution in [0.1, 0.15) is 51.3 Å². The number of hydrogen-bond donors (Lipinski definition) is 2. The number of aromatic nitrogens is 2. The number of nitrogens with zero attached hydrogens (tertiary/aromatic N) is 5. The van der Waals surface area contributed by atoms with Gasteiger partial charge in [-0.05, 0) is 61.8 Å². The van der Waals surface area contributed by atoms with Crippen molar-refractivity contribution in [3.05, 3.63) is 35.5 Å². The zero-order valence-electron chi connectivity index (χ0n) is 25.9. The molecule has 3 amide bonds. The predicted molar refractivity (Wildman–Crippen MR) is 165 cm³/mol. The van der Waals surface area contributed by atoms with Crippen LogP contribution in [0.25, 0.3) is 11.4 Å². The lowest BCUT2D eigenvalue weighted by molar-refractivity contribution is -0.130. The van der Waals surface area contributed by atoms with E-state index in [1.54, 1.807) is 19.0 Å². The highest BCUT2D eigenvalue weighted by atomic mass is 16.5. The molecule has 3 heterocycles. The van der Waals surface area contributed by atoms with E-state index in [1.807, 2.05) is 24.3 Å². The SMILES string of the molecule is CCCC1C(C)C1CCNC(=O)Nc1ccc(-c2nc3c(c(N4CCOCC4C)n2)CCN(CC(=O)N(C)C)C3)cc1. The van der Waals surface area contributed by atoms with Crippen molar-refractivity contribution in [3.63, 3.8) is 0 Å². The van der Waals surface area contributed by atoms with E-state index in [2.05, 4.69) is 41.2 Å². The highest BCUT2D eigenvalue weighted by molar-refractivity contribution is 5.89. The number of fused-ring (bicyclic) bond motifs is 1. The van der Waals surface area contributed by atoms with Gasteiger partial charge in [0.25, 0.3) is 0 Å². The van der Waals surface area contributed by atoms with Gasteiger partial charge in [-0.3, -0.25) is 9.69 Å².